The van der Waals surface area contributed by atoms with Gasteiger partial charge in [0.2, 0.25) is 11.9 Å². The third-order valence-corrected chi connectivity index (χ3v) is 12.2. The van der Waals surface area contributed by atoms with Crippen molar-refractivity contribution in [3.8, 4) is 0 Å². The van der Waals surface area contributed by atoms with Crippen LogP contribution < -0.4 is 35.6 Å². The van der Waals surface area contributed by atoms with Crippen molar-refractivity contribution in [2.75, 3.05) is 82.6 Å². The monoisotopic (exact) mass is 940 g/mol. The number of aryl methyl sites for hydroxylation is 2. The fraction of sp³-hybridized carbons (Fsp3) is 0.465. The van der Waals surface area contributed by atoms with Gasteiger partial charge in [-0.25, -0.2) is 24.4 Å². The Morgan fingerprint density at radius 1 is 0.667 bits per heavy atom. The third kappa shape index (κ3) is 11.6. The van der Waals surface area contributed by atoms with E-state index in [2.05, 4.69) is 35.9 Å². The summed E-state index contributed by atoms with van der Waals surface area (Å²) in [6.45, 7) is 14.4. The molecular formula is C43H52Cl4N12O4. The number of hydrogen-bond donors (Lipinski definition) is 3. The van der Waals surface area contributed by atoms with E-state index in [-0.39, 0.29) is 24.2 Å². The Labute approximate surface area is 387 Å². The van der Waals surface area contributed by atoms with Crippen LogP contribution in [0.15, 0.2) is 48.5 Å². The average Bonchev–Trinajstić information content (AvgIpc) is 3.81. The first kappa shape index (κ1) is 46.1. The fourth-order valence-corrected chi connectivity index (χ4v) is 8.29. The number of urea groups is 2. The van der Waals surface area contributed by atoms with Crippen LogP contribution in [0.5, 0.6) is 0 Å². The molecule has 2 unspecified atom stereocenters. The van der Waals surface area contributed by atoms with E-state index in [1.807, 2.05) is 46.8 Å². The van der Waals surface area contributed by atoms with Crippen molar-refractivity contribution >= 4 is 99.5 Å². The summed E-state index contributed by atoms with van der Waals surface area (Å²) in [5.74, 6) is 2.11. The summed E-state index contributed by atoms with van der Waals surface area (Å²) in [5.41, 5.74) is 2.39. The molecule has 6 heterocycles. The lowest BCUT2D eigenvalue weighted by Gasteiger charge is -2.34. The van der Waals surface area contributed by atoms with Crippen LogP contribution in [0, 0.1) is 13.8 Å². The minimum absolute atomic E-state index is 0.0143. The predicted molar refractivity (Wildman–Crippen MR) is 251 cm³/mol. The standard InChI is InChI=1S/C24H30Cl2N6O3.C19H22Cl2N6O/c1-15-12-20(28-16-6-5-9-30(14-16)23(34)35-24(2,3)4)29-21(27-15)32-11-10-31(22(32)33)17-7-8-18(25)19(26)13-17;1-12-9-17(24-13-3-2-6-22-11-13)25-18(23-12)27-8-7-26(19(27)28)14-4-5-15(20)16(21)10-14/h7-8,12-13,16H,5-6,9-11,14H2,1-4H3,(H,27,28,29);4-5,9-10,13,22H,2-3,6-8,11H2,1H3,(H,23,24,25). The maximum absolute atomic E-state index is 13.2. The van der Waals surface area contributed by atoms with E-state index in [0.29, 0.717) is 94.5 Å². The third-order valence-electron chi connectivity index (χ3n) is 10.7. The van der Waals surface area contributed by atoms with Gasteiger partial charge in [0.05, 0.1) is 20.1 Å². The molecule has 20 heteroatoms. The van der Waals surface area contributed by atoms with Crippen molar-refractivity contribution in [3.63, 3.8) is 0 Å². The summed E-state index contributed by atoms with van der Waals surface area (Å²) in [4.78, 5) is 65.0. The number of nitrogens with one attached hydrogen (secondary N) is 3. The van der Waals surface area contributed by atoms with Crippen molar-refractivity contribution < 1.29 is 19.1 Å². The highest BCUT2D eigenvalue weighted by molar-refractivity contribution is 6.42. The zero-order chi connectivity index (χ0) is 45.0. The fourth-order valence-electron chi connectivity index (χ4n) is 7.71. The maximum Gasteiger partial charge on any atom is 0.410 e. The van der Waals surface area contributed by atoms with Gasteiger partial charge in [0.25, 0.3) is 0 Å². The molecule has 4 aliphatic heterocycles. The highest BCUT2D eigenvalue weighted by atomic mass is 35.5. The largest absolute Gasteiger partial charge is 0.444 e. The Morgan fingerprint density at radius 3 is 1.63 bits per heavy atom. The van der Waals surface area contributed by atoms with Crippen molar-refractivity contribution in [2.45, 2.75) is 78.0 Å². The van der Waals surface area contributed by atoms with Gasteiger partial charge in [-0.1, -0.05) is 46.4 Å². The smallest absolute Gasteiger partial charge is 0.410 e. The summed E-state index contributed by atoms with van der Waals surface area (Å²) in [7, 11) is 0. The number of anilines is 6. The number of ether oxygens (including phenoxy) is 1. The summed E-state index contributed by atoms with van der Waals surface area (Å²) in [6.07, 6.45) is 3.67. The lowest BCUT2D eigenvalue weighted by Crippen LogP contribution is -2.47. The molecule has 4 saturated heterocycles. The number of amides is 5. The van der Waals surface area contributed by atoms with Gasteiger partial charge in [-0.2, -0.15) is 9.97 Å². The van der Waals surface area contributed by atoms with Gasteiger partial charge >= 0.3 is 18.2 Å². The van der Waals surface area contributed by atoms with Gasteiger partial charge in [0.15, 0.2) is 0 Å². The summed E-state index contributed by atoms with van der Waals surface area (Å²) >= 11 is 24.2. The van der Waals surface area contributed by atoms with Gasteiger partial charge in [0, 0.05) is 92.8 Å². The van der Waals surface area contributed by atoms with E-state index < -0.39 is 5.60 Å². The van der Waals surface area contributed by atoms with Crippen molar-refractivity contribution in [3.05, 3.63) is 80.0 Å². The van der Waals surface area contributed by atoms with E-state index in [0.717, 1.165) is 56.0 Å². The van der Waals surface area contributed by atoms with Gasteiger partial charge in [-0.3, -0.25) is 19.6 Å². The minimum atomic E-state index is -0.538. The second-order valence-corrected chi connectivity index (χ2v) is 18.5. The Kier molecular flexibility index (Phi) is 14.6. The molecule has 0 saturated carbocycles. The van der Waals surface area contributed by atoms with Crippen LogP contribution >= 0.6 is 46.4 Å². The number of piperidine rings is 2. The van der Waals surface area contributed by atoms with E-state index in [1.54, 1.807) is 60.9 Å². The number of aromatic nitrogens is 4. The molecule has 8 rings (SSSR count). The van der Waals surface area contributed by atoms with Crippen LogP contribution in [-0.2, 0) is 4.74 Å². The van der Waals surface area contributed by atoms with Crippen molar-refractivity contribution in [1.29, 1.82) is 0 Å². The molecule has 4 aromatic rings. The summed E-state index contributed by atoms with van der Waals surface area (Å²) in [6, 6.07) is 14.0. The Bertz CT molecular complexity index is 2330. The van der Waals surface area contributed by atoms with Crippen LogP contribution in [0.25, 0.3) is 0 Å². The molecular weight excluding hydrogens is 890 g/mol. The SMILES string of the molecule is Cc1cc(NC2CCCN(C(=O)OC(C)(C)C)C2)nc(N2CCN(c3ccc(Cl)c(Cl)c3)C2=O)n1.Cc1cc(NC2CCCNC2)nc(N2CCN(c3ccc(Cl)c(Cl)c3)C2=O)n1. The van der Waals surface area contributed by atoms with E-state index in [4.69, 9.17) is 51.1 Å². The first-order valence-electron chi connectivity index (χ1n) is 21.0. The lowest BCUT2D eigenvalue weighted by molar-refractivity contribution is 0.0206. The molecule has 63 heavy (non-hydrogen) atoms. The Morgan fingerprint density at radius 2 is 1.16 bits per heavy atom. The van der Waals surface area contributed by atoms with Crippen LogP contribution in [0.2, 0.25) is 20.1 Å². The average molecular weight is 943 g/mol. The lowest BCUT2D eigenvalue weighted by atomic mass is 10.1. The van der Waals surface area contributed by atoms with Gasteiger partial charge in [-0.15, -0.1) is 0 Å². The second-order valence-electron chi connectivity index (χ2n) is 16.9. The first-order chi connectivity index (χ1) is 30.0. The molecule has 3 N–H and O–H groups in total. The first-order valence-corrected chi connectivity index (χ1v) is 22.5. The van der Waals surface area contributed by atoms with Gasteiger partial charge in [-0.05, 0) is 103 Å². The topological polar surface area (TPSA) is 164 Å². The molecule has 2 aromatic carbocycles. The molecule has 16 nitrogen and oxygen atoms in total. The number of carbonyl (C=O) groups excluding carboxylic acids is 3. The highest BCUT2D eigenvalue weighted by Crippen LogP contribution is 2.32. The quantitative estimate of drug-likeness (QED) is 0.154. The zero-order valence-corrected chi connectivity index (χ0v) is 39.0. The van der Waals surface area contributed by atoms with Crippen LogP contribution in [0.3, 0.4) is 0 Å². The van der Waals surface area contributed by atoms with Gasteiger partial charge in [0.1, 0.15) is 17.2 Å². The van der Waals surface area contributed by atoms with E-state index in [9.17, 15) is 14.4 Å². The Hall–Kier alpha value is -4.87. The van der Waals surface area contributed by atoms with Crippen LogP contribution in [0.4, 0.5) is 49.3 Å². The molecule has 0 spiro atoms. The number of halogens is 4. The minimum Gasteiger partial charge on any atom is -0.444 e. The highest BCUT2D eigenvalue weighted by Gasteiger charge is 2.35. The molecule has 336 valence electrons. The normalized spacial score (nSPS) is 19.3. The predicted octanol–water partition coefficient (Wildman–Crippen LogP) is 9.05. The Balaban J connectivity index is 0.000000193. The van der Waals surface area contributed by atoms with Crippen molar-refractivity contribution in [1.82, 2.24) is 30.2 Å². The maximum atomic E-state index is 13.2. The summed E-state index contributed by atoms with van der Waals surface area (Å²) < 4.78 is 5.52. The van der Waals surface area contributed by atoms with E-state index in [1.165, 1.54) is 0 Å². The zero-order valence-electron chi connectivity index (χ0n) is 35.9. The molecule has 0 radical (unpaired) electrons. The number of rotatable bonds is 8. The van der Waals surface area contributed by atoms with E-state index >= 15 is 0 Å². The molecule has 2 aromatic heterocycles. The molecule has 4 aliphatic rings. The molecule has 2 atom stereocenters. The van der Waals surface area contributed by atoms with Gasteiger partial charge < -0.3 is 25.6 Å². The molecule has 4 fully saturated rings. The van der Waals surface area contributed by atoms with Crippen LogP contribution in [-0.4, -0.2) is 113 Å². The molecule has 5 amide bonds. The number of carbonyl (C=O) groups is 3. The number of likely N-dealkylation sites (tertiary alicyclic amines) is 1. The number of hydrogen-bond acceptors (Lipinski definition) is 11. The molecule has 0 bridgehead atoms. The number of nitrogens with zero attached hydrogens (tertiary/aromatic N) is 9. The number of benzene rings is 2. The molecule has 0 aliphatic carbocycles. The summed E-state index contributed by atoms with van der Waals surface area (Å²) in [5, 5.41) is 12.0. The van der Waals surface area contributed by atoms with Crippen molar-refractivity contribution in [2.24, 2.45) is 0 Å². The van der Waals surface area contributed by atoms with Crippen LogP contribution in [0.1, 0.15) is 57.8 Å². The second kappa shape index (κ2) is 19.9.